The number of hydrogen-bond donors (Lipinski definition) is 1. The second kappa shape index (κ2) is 5.61. The van der Waals surface area contributed by atoms with Crippen LogP contribution in [0.3, 0.4) is 0 Å². The number of benzene rings is 1. The standard InChI is InChI=1S/C15H24O3/c1-8(2)13(16)12-11(5)14(17-6)9(3)10(4)15(12)18-7/h8,13,16H,1-7H3. The number of methoxy groups -OCH3 is 2. The van der Waals surface area contributed by atoms with Crippen molar-refractivity contribution in [1.82, 2.24) is 0 Å². The second-order valence-electron chi connectivity index (χ2n) is 5.04. The predicted octanol–water partition coefficient (Wildman–Crippen LogP) is 3.32. The van der Waals surface area contributed by atoms with E-state index in [-0.39, 0.29) is 5.92 Å². The van der Waals surface area contributed by atoms with Crippen molar-refractivity contribution in [2.75, 3.05) is 14.2 Å². The molecule has 0 bridgehead atoms. The molecule has 0 radical (unpaired) electrons. The highest BCUT2D eigenvalue weighted by Gasteiger charge is 2.25. The monoisotopic (exact) mass is 252 g/mol. The minimum Gasteiger partial charge on any atom is -0.496 e. The smallest absolute Gasteiger partial charge is 0.128 e. The van der Waals surface area contributed by atoms with Gasteiger partial charge in [-0.15, -0.1) is 0 Å². The molecule has 3 heteroatoms. The predicted molar refractivity (Wildman–Crippen MR) is 73.6 cm³/mol. The quantitative estimate of drug-likeness (QED) is 0.893. The van der Waals surface area contributed by atoms with Gasteiger partial charge in [-0.3, -0.25) is 0 Å². The molecule has 0 spiro atoms. The fourth-order valence-corrected chi connectivity index (χ4v) is 2.38. The Morgan fingerprint density at radius 3 is 1.67 bits per heavy atom. The van der Waals surface area contributed by atoms with Gasteiger partial charge in [0, 0.05) is 11.1 Å². The average molecular weight is 252 g/mol. The maximum absolute atomic E-state index is 10.4. The fraction of sp³-hybridized carbons (Fsp3) is 0.600. The summed E-state index contributed by atoms with van der Waals surface area (Å²) >= 11 is 0. The molecule has 0 aliphatic rings. The number of ether oxygens (including phenoxy) is 2. The van der Waals surface area contributed by atoms with Gasteiger partial charge in [0.2, 0.25) is 0 Å². The van der Waals surface area contributed by atoms with Crippen LogP contribution >= 0.6 is 0 Å². The van der Waals surface area contributed by atoms with Crippen LogP contribution in [0, 0.1) is 26.7 Å². The van der Waals surface area contributed by atoms with E-state index in [0.29, 0.717) is 0 Å². The van der Waals surface area contributed by atoms with Crippen molar-refractivity contribution in [2.45, 2.75) is 40.7 Å². The summed E-state index contributed by atoms with van der Waals surface area (Å²) in [6.45, 7) is 9.95. The number of hydrogen-bond acceptors (Lipinski definition) is 3. The van der Waals surface area contributed by atoms with E-state index in [1.165, 1.54) is 0 Å². The first-order chi connectivity index (χ1) is 8.36. The summed E-state index contributed by atoms with van der Waals surface area (Å²) in [6.07, 6.45) is -0.548. The minimum absolute atomic E-state index is 0.129. The molecule has 0 aliphatic heterocycles. The summed E-state index contributed by atoms with van der Waals surface area (Å²) in [5.74, 6) is 1.74. The first-order valence-corrected chi connectivity index (χ1v) is 6.26. The lowest BCUT2D eigenvalue weighted by atomic mass is 9.89. The van der Waals surface area contributed by atoms with Gasteiger partial charge in [0.15, 0.2) is 0 Å². The van der Waals surface area contributed by atoms with Crippen molar-refractivity contribution in [2.24, 2.45) is 5.92 Å². The van der Waals surface area contributed by atoms with E-state index in [9.17, 15) is 5.11 Å². The molecule has 1 N–H and O–H groups in total. The lowest BCUT2D eigenvalue weighted by Crippen LogP contribution is -2.12. The molecular weight excluding hydrogens is 228 g/mol. The molecule has 102 valence electrons. The summed E-state index contributed by atoms with van der Waals surface area (Å²) in [7, 11) is 3.30. The Morgan fingerprint density at radius 2 is 1.28 bits per heavy atom. The van der Waals surface area contributed by atoms with E-state index < -0.39 is 6.10 Å². The Bertz CT molecular complexity index is 436. The number of aliphatic hydroxyl groups excluding tert-OH is 1. The molecule has 1 atom stereocenters. The molecule has 0 fully saturated rings. The van der Waals surface area contributed by atoms with E-state index >= 15 is 0 Å². The zero-order valence-corrected chi connectivity index (χ0v) is 12.4. The summed E-state index contributed by atoms with van der Waals surface area (Å²) in [5, 5.41) is 10.4. The average Bonchev–Trinajstić information content (AvgIpc) is 2.33. The Kier molecular flexibility index (Phi) is 4.63. The van der Waals surface area contributed by atoms with Gasteiger partial charge in [-0.25, -0.2) is 0 Å². The molecule has 1 unspecified atom stereocenters. The van der Waals surface area contributed by atoms with Crippen molar-refractivity contribution < 1.29 is 14.6 Å². The normalized spacial score (nSPS) is 12.7. The maximum Gasteiger partial charge on any atom is 0.128 e. The van der Waals surface area contributed by atoms with Gasteiger partial charge in [-0.2, -0.15) is 0 Å². The molecule has 0 heterocycles. The number of aliphatic hydroxyl groups is 1. The van der Waals surface area contributed by atoms with Gasteiger partial charge in [0.05, 0.1) is 20.3 Å². The first-order valence-electron chi connectivity index (χ1n) is 6.26. The Hall–Kier alpha value is -1.22. The van der Waals surface area contributed by atoms with Crippen molar-refractivity contribution in [3.63, 3.8) is 0 Å². The van der Waals surface area contributed by atoms with Crippen molar-refractivity contribution in [1.29, 1.82) is 0 Å². The third-order valence-corrected chi connectivity index (χ3v) is 3.57. The molecular formula is C15H24O3. The summed E-state index contributed by atoms with van der Waals surface area (Å²) < 4.78 is 11.0. The molecule has 0 saturated carbocycles. The van der Waals surface area contributed by atoms with E-state index in [2.05, 4.69) is 0 Å². The van der Waals surface area contributed by atoms with E-state index in [0.717, 1.165) is 33.8 Å². The largest absolute Gasteiger partial charge is 0.496 e. The van der Waals surface area contributed by atoms with Crippen LogP contribution < -0.4 is 9.47 Å². The third-order valence-electron chi connectivity index (χ3n) is 3.57. The highest BCUT2D eigenvalue weighted by molar-refractivity contribution is 5.58. The van der Waals surface area contributed by atoms with E-state index in [1.54, 1.807) is 14.2 Å². The zero-order valence-electron chi connectivity index (χ0n) is 12.4. The van der Waals surface area contributed by atoms with Crippen LogP contribution in [-0.4, -0.2) is 19.3 Å². The molecule has 3 nitrogen and oxygen atoms in total. The lowest BCUT2D eigenvalue weighted by Gasteiger charge is -2.25. The summed E-state index contributed by atoms with van der Waals surface area (Å²) in [6, 6.07) is 0. The second-order valence-corrected chi connectivity index (χ2v) is 5.04. The van der Waals surface area contributed by atoms with Crippen molar-refractivity contribution >= 4 is 0 Å². The molecule has 1 rings (SSSR count). The van der Waals surface area contributed by atoms with Crippen LogP contribution in [0.25, 0.3) is 0 Å². The van der Waals surface area contributed by atoms with Crippen LogP contribution in [0.2, 0.25) is 0 Å². The van der Waals surface area contributed by atoms with Gasteiger partial charge in [0.1, 0.15) is 11.5 Å². The maximum atomic E-state index is 10.4. The first kappa shape index (κ1) is 14.8. The Morgan fingerprint density at radius 1 is 0.833 bits per heavy atom. The van der Waals surface area contributed by atoms with Gasteiger partial charge in [-0.1, -0.05) is 13.8 Å². The van der Waals surface area contributed by atoms with Gasteiger partial charge in [-0.05, 0) is 37.8 Å². The Labute approximate surface area is 110 Å². The Balaban J connectivity index is 3.62. The molecule has 1 aromatic rings. The fourth-order valence-electron chi connectivity index (χ4n) is 2.38. The minimum atomic E-state index is -0.548. The van der Waals surface area contributed by atoms with E-state index in [1.807, 2.05) is 34.6 Å². The molecule has 0 aromatic heterocycles. The third kappa shape index (κ3) is 2.32. The summed E-state index contributed by atoms with van der Waals surface area (Å²) in [5.41, 5.74) is 3.88. The van der Waals surface area contributed by atoms with Crippen molar-refractivity contribution in [3.05, 3.63) is 22.3 Å². The van der Waals surface area contributed by atoms with Crippen LogP contribution in [0.5, 0.6) is 11.5 Å². The SMILES string of the molecule is COc1c(C)c(C)c(OC)c(C(O)C(C)C)c1C. The van der Waals surface area contributed by atoms with Gasteiger partial charge < -0.3 is 14.6 Å². The highest BCUT2D eigenvalue weighted by Crippen LogP contribution is 2.42. The van der Waals surface area contributed by atoms with Gasteiger partial charge >= 0.3 is 0 Å². The zero-order chi connectivity index (χ0) is 14.0. The van der Waals surface area contributed by atoms with Crippen molar-refractivity contribution in [3.8, 4) is 11.5 Å². The van der Waals surface area contributed by atoms with E-state index in [4.69, 9.17) is 9.47 Å². The molecule has 1 aromatic carbocycles. The topological polar surface area (TPSA) is 38.7 Å². The van der Waals surface area contributed by atoms with Crippen LogP contribution in [0.4, 0.5) is 0 Å². The molecule has 0 saturated heterocycles. The van der Waals surface area contributed by atoms with Crippen LogP contribution in [-0.2, 0) is 0 Å². The van der Waals surface area contributed by atoms with Crippen LogP contribution in [0.1, 0.15) is 42.2 Å². The summed E-state index contributed by atoms with van der Waals surface area (Å²) in [4.78, 5) is 0. The molecule has 0 amide bonds. The molecule has 18 heavy (non-hydrogen) atoms. The molecule has 0 aliphatic carbocycles. The lowest BCUT2D eigenvalue weighted by molar-refractivity contribution is 0.122. The van der Waals surface area contributed by atoms with Gasteiger partial charge in [0.25, 0.3) is 0 Å². The highest BCUT2D eigenvalue weighted by atomic mass is 16.5. The number of rotatable bonds is 4. The van der Waals surface area contributed by atoms with Crippen LogP contribution in [0.15, 0.2) is 0 Å².